The molecule has 0 aliphatic rings. The quantitative estimate of drug-likeness (QED) is 0.811. The van der Waals surface area contributed by atoms with Crippen molar-refractivity contribution in [2.75, 3.05) is 0 Å². The molecule has 2 heterocycles. The highest BCUT2D eigenvalue weighted by Crippen LogP contribution is 2.29. The van der Waals surface area contributed by atoms with Crippen LogP contribution in [0.1, 0.15) is 5.89 Å². The van der Waals surface area contributed by atoms with Crippen molar-refractivity contribution < 1.29 is 17.7 Å². The van der Waals surface area contributed by atoms with Crippen LogP contribution in [-0.2, 0) is 6.18 Å². The molecule has 0 N–H and O–H groups in total. The lowest BCUT2D eigenvalue weighted by atomic mass is 10.3. The van der Waals surface area contributed by atoms with Crippen molar-refractivity contribution in [1.82, 2.24) is 15.1 Å². The largest absolute Gasteiger partial charge is 0.471 e. The maximum absolute atomic E-state index is 12.2. The van der Waals surface area contributed by atoms with Gasteiger partial charge in [-0.05, 0) is 22.0 Å². The molecule has 0 spiro atoms. The Bertz CT molecular complexity index is 511. The molecule has 0 unspecified atom stereocenters. The zero-order valence-corrected chi connectivity index (χ0v) is 9.08. The van der Waals surface area contributed by atoms with Crippen LogP contribution in [0.15, 0.2) is 27.5 Å². The number of halogens is 4. The van der Waals surface area contributed by atoms with E-state index >= 15 is 0 Å². The number of rotatable bonds is 1. The van der Waals surface area contributed by atoms with Gasteiger partial charge in [0, 0.05) is 22.4 Å². The first-order valence-corrected chi connectivity index (χ1v) is 4.78. The number of nitrogens with zero attached hydrogens (tertiary/aromatic N) is 3. The molecule has 84 valence electrons. The van der Waals surface area contributed by atoms with Crippen molar-refractivity contribution in [2.24, 2.45) is 0 Å². The van der Waals surface area contributed by atoms with E-state index in [2.05, 4.69) is 35.6 Å². The highest BCUT2D eigenvalue weighted by Gasteiger charge is 2.38. The first-order valence-electron chi connectivity index (χ1n) is 3.98. The lowest BCUT2D eigenvalue weighted by molar-refractivity contribution is -0.159. The summed E-state index contributed by atoms with van der Waals surface area (Å²) in [5.41, 5.74) is 0.341. The van der Waals surface area contributed by atoms with Crippen molar-refractivity contribution in [3.05, 3.63) is 28.8 Å². The molecular weight excluding hydrogens is 291 g/mol. The predicted molar refractivity (Wildman–Crippen MR) is 50.2 cm³/mol. The maximum Gasteiger partial charge on any atom is 0.471 e. The Balaban J connectivity index is 2.39. The lowest BCUT2D eigenvalue weighted by Gasteiger charge is -1.96. The van der Waals surface area contributed by atoms with Crippen LogP contribution in [-0.4, -0.2) is 15.1 Å². The number of hydrogen-bond acceptors (Lipinski definition) is 4. The summed E-state index contributed by atoms with van der Waals surface area (Å²) in [6, 6.07) is 1.54. The van der Waals surface area contributed by atoms with Gasteiger partial charge in [0.2, 0.25) is 5.82 Å². The van der Waals surface area contributed by atoms with Crippen LogP contribution in [0, 0.1) is 0 Å². The monoisotopic (exact) mass is 293 g/mol. The highest BCUT2D eigenvalue weighted by atomic mass is 79.9. The summed E-state index contributed by atoms with van der Waals surface area (Å²) in [6.45, 7) is 0. The van der Waals surface area contributed by atoms with Gasteiger partial charge in [-0.25, -0.2) is 0 Å². The summed E-state index contributed by atoms with van der Waals surface area (Å²) >= 11 is 3.13. The van der Waals surface area contributed by atoms with Gasteiger partial charge in [0.15, 0.2) is 0 Å². The Kier molecular flexibility index (Phi) is 2.66. The second-order valence-electron chi connectivity index (χ2n) is 2.81. The number of alkyl halides is 3. The number of hydrogen-bond donors (Lipinski definition) is 0. The molecular formula is C8H3BrF3N3O. The first-order chi connectivity index (χ1) is 7.47. The topological polar surface area (TPSA) is 51.8 Å². The van der Waals surface area contributed by atoms with Crippen molar-refractivity contribution in [1.29, 1.82) is 0 Å². The average Bonchev–Trinajstić information content (AvgIpc) is 2.65. The van der Waals surface area contributed by atoms with Crippen LogP contribution in [0.5, 0.6) is 0 Å². The van der Waals surface area contributed by atoms with E-state index < -0.39 is 12.1 Å². The standard InChI is InChI=1S/C8H3BrF3N3O/c9-5-1-4(2-13-3-5)6-14-7(16-15-6)8(10,11)12/h1-3H. The summed E-state index contributed by atoms with van der Waals surface area (Å²) in [5, 5.41) is 3.23. The van der Waals surface area contributed by atoms with E-state index in [0.717, 1.165) is 0 Å². The Hall–Kier alpha value is -1.44. The molecule has 0 aliphatic heterocycles. The third-order valence-corrected chi connectivity index (χ3v) is 2.07. The molecule has 8 heteroatoms. The zero-order chi connectivity index (χ0) is 11.8. The van der Waals surface area contributed by atoms with Crippen molar-refractivity contribution in [2.45, 2.75) is 6.18 Å². The molecule has 2 rings (SSSR count). The van der Waals surface area contributed by atoms with E-state index in [-0.39, 0.29) is 5.82 Å². The van der Waals surface area contributed by atoms with Gasteiger partial charge in [0.1, 0.15) is 0 Å². The molecule has 16 heavy (non-hydrogen) atoms. The smallest absolute Gasteiger partial charge is 0.329 e. The van der Waals surface area contributed by atoms with Gasteiger partial charge in [0.25, 0.3) is 0 Å². The van der Waals surface area contributed by atoms with Gasteiger partial charge in [-0.2, -0.15) is 18.2 Å². The second-order valence-corrected chi connectivity index (χ2v) is 3.73. The normalized spacial score (nSPS) is 11.8. The van der Waals surface area contributed by atoms with Crippen LogP contribution < -0.4 is 0 Å². The third-order valence-electron chi connectivity index (χ3n) is 1.63. The molecule has 2 aromatic rings. The molecule has 0 fully saturated rings. The Labute approximate surface area is 95.6 Å². The minimum Gasteiger partial charge on any atom is -0.329 e. The SMILES string of the molecule is FC(F)(F)c1nc(-c2cncc(Br)c2)no1. The Morgan fingerprint density at radius 1 is 1.25 bits per heavy atom. The third kappa shape index (κ3) is 2.21. The average molecular weight is 294 g/mol. The zero-order valence-electron chi connectivity index (χ0n) is 7.49. The summed E-state index contributed by atoms with van der Waals surface area (Å²) < 4.78 is 41.2. The van der Waals surface area contributed by atoms with Crippen LogP contribution in [0.3, 0.4) is 0 Å². The molecule has 0 aliphatic carbocycles. The molecule has 0 bridgehead atoms. The summed E-state index contributed by atoms with van der Waals surface area (Å²) in [7, 11) is 0. The van der Waals surface area contributed by atoms with Crippen LogP contribution in [0.25, 0.3) is 11.4 Å². The number of pyridine rings is 1. The van der Waals surface area contributed by atoms with E-state index in [9.17, 15) is 13.2 Å². The second kappa shape index (κ2) is 3.85. The molecule has 0 radical (unpaired) electrons. The van der Waals surface area contributed by atoms with E-state index in [1.165, 1.54) is 18.5 Å². The van der Waals surface area contributed by atoms with Crippen LogP contribution in [0.4, 0.5) is 13.2 Å². The Morgan fingerprint density at radius 2 is 2.00 bits per heavy atom. The maximum atomic E-state index is 12.2. The van der Waals surface area contributed by atoms with Gasteiger partial charge in [-0.15, -0.1) is 0 Å². The summed E-state index contributed by atoms with van der Waals surface area (Å²) in [6.07, 6.45) is -1.80. The lowest BCUT2D eigenvalue weighted by Crippen LogP contribution is -2.04. The molecule has 0 atom stereocenters. The minimum atomic E-state index is -4.63. The molecule has 4 nitrogen and oxygen atoms in total. The van der Waals surface area contributed by atoms with Crippen molar-refractivity contribution in [3.8, 4) is 11.4 Å². The summed E-state index contributed by atoms with van der Waals surface area (Å²) in [5.74, 6) is -1.52. The molecule has 0 amide bonds. The molecule has 0 saturated heterocycles. The predicted octanol–water partition coefficient (Wildman–Crippen LogP) is 2.91. The first kappa shape index (κ1) is 11.1. The van der Waals surface area contributed by atoms with Gasteiger partial charge < -0.3 is 4.52 Å². The number of aromatic nitrogens is 3. The fourth-order valence-electron chi connectivity index (χ4n) is 0.990. The van der Waals surface area contributed by atoms with E-state index in [1.54, 1.807) is 0 Å². The van der Waals surface area contributed by atoms with Gasteiger partial charge >= 0.3 is 12.1 Å². The highest BCUT2D eigenvalue weighted by molar-refractivity contribution is 9.10. The van der Waals surface area contributed by atoms with Crippen molar-refractivity contribution >= 4 is 15.9 Å². The minimum absolute atomic E-state index is 0.152. The van der Waals surface area contributed by atoms with E-state index in [0.29, 0.717) is 10.0 Å². The van der Waals surface area contributed by atoms with Crippen molar-refractivity contribution in [3.63, 3.8) is 0 Å². The van der Waals surface area contributed by atoms with Gasteiger partial charge in [-0.1, -0.05) is 5.16 Å². The Morgan fingerprint density at radius 3 is 2.56 bits per heavy atom. The molecule has 0 saturated carbocycles. The van der Waals surface area contributed by atoms with E-state index in [1.807, 2.05) is 0 Å². The van der Waals surface area contributed by atoms with Gasteiger partial charge in [0.05, 0.1) is 0 Å². The fraction of sp³-hybridized carbons (Fsp3) is 0.125. The van der Waals surface area contributed by atoms with Crippen LogP contribution in [0.2, 0.25) is 0 Å². The molecule has 0 aromatic carbocycles. The van der Waals surface area contributed by atoms with E-state index in [4.69, 9.17) is 0 Å². The van der Waals surface area contributed by atoms with Crippen LogP contribution >= 0.6 is 15.9 Å². The summed E-state index contributed by atoms with van der Waals surface area (Å²) in [4.78, 5) is 7.01. The fourth-order valence-corrected chi connectivity index (χ4v) is 1.35. The van der Waals surface area contributed by atoms with Gasteiger partial charge in [-0.3, -0.25) is 4.98 Å². The molecule has 2 aromatic heterocycles.